The highest BCUT2D eigenvalue weighted by Crippen LogP contribution is 2.43. The minimum Gasteiger partial charge on any atom is -0.370 e. The largest absolute Gasteiger partial charge is 0.370 e. The molecule has 0 bridgehead atoms. The van der Waals surface area contributed by atoms with Gasteiger partial charge in [-0.15, -0.1) is 0 Å². The molecule has 1 saturated heterocycles. The zero-order valence-electron chi connectivity index (χ0n) is 14.5. The first kappa shape index (κ1) is 18.2. The number of ether oxygens (including phenoxy) is 1. The van der Waals surface area contributed by atoms with E-state index in [1.807, 2.05) is 13.8 Å². The molecule has 1 aliphatic carbocycles. The van der Waals surface area contributed by atoms with Crippen molar-refractivity contribution in [1.82, 2.24) is 5.32 Å². The van der Waals surface area contributed by atoms with Crippen LogP contribution in [0, 0.1) is 29.3 Å². The lowest BCUT2D eigenvalue weighted by Gasteiger charge is -2.39. The van der Waals surface area contributed by atoms with E-state index in [0.717, 1.165) is 25.3 Å². The Morgan fingerprint density at radius 3 is 2.64 bits per heavy atom. The number of benzene rings is 1. The number of hydrogen-bond acceptors (Lipinski definition) is 2. The van der Waals surface area contributed by atoms with Gasteiger partial charge in [0, 0.05) is 30.0 Å². The van der Waals surface area contributed by atoms with Crippen LogP contribution in [0.5, 0.6) is 0 Å². The first-order chi connectivity index (χ1) is 11.8. The summed E-state index contributed by atoms with van der Waals surface area (Å²) >= 11 is 0. The van der Waals surface area contributed by atoms with Crippen molar-refractivity contribution in [2.75, 3.05) is 0 Å². The Kier molecular flexibility index (Phi) is 5.37. The fourth-order valence-electron chi connectivity index (χ4n) is 4.04. The highest BCUT2D eigenvalue weighted by atomic mass is 19.2. The molecule has 1 heterocycles. The topological polar surface area (TPSA) is 38.3 Å². The Balaban J connectivity index is 1.80. The van der Waals surface area contributed by atoms with Gasteiger partial charge in [0.25, 0.3) is 0 Å². The highest BCUT2D eigenvalue weighted by Gasteiger charge is 2.43. The van der Waals surface area contributed by atoms with Crippen molar-refractivity contribution in [2.24, 2.45) is 11.8 Å². The van der Waals surface area contributed by atoms with Crippen LogP contribution in [-0.2, 0) is 9.53 Å². The molecule has 1 aromatic carbocycles. The number of nitrogens with one attached hydrogen (secondary N) is 1. The fraction of sp³-hybridized carbons (Fsp3) is 0.632. The maximum Gasteiger partial charge on any atom is 0.220 e. The van der Waals surface area contributed by atoms with Crippen LogP contribution >= 0.6 is 0 Å². The average Bonchev–Trinajstić information content (AvgIpc) is 2.98. The second-order valence-electron chi connectivity index (χ2n) is 7.55. The highest BCUT2D eigenvalue weighted by molar-refractivity contribution is 5.76. The SMILES string of the molecule is CC(C)CC(=O)N[C@@H]1C[C@H](c2cc(F)c(F)cc2F)O[C@@H]2CCC[C@@H]12. The molecule has 6 heteroatoms. The minimum atomic E-state index is -1.21. The number of rotatable bonds is 4. The molecule has 2 aliphatic rings. The maximum absolute atomic E-state index is 14.1. The van der Waals surface area contributed by atoms with Gasteiger partial charge in [0.15, 0.2) is 11.6 Å². The van der Waals surface area contributed by atoms with E-state index in [2.05, 4.69) is 5.32 Å². The van der Waals surface area contributed by atoms with Gasteiger partial charge in [0.05, 0.1) is 12.2 Å². The van der Waals surface area contributed by atoms with E-state index in [4.69, 9.17) is 4.74 Å². The van der Waals surface area contributed by atoms with Crippen molar-refractivity contribution in [3.05, 3.63) is 35.1 Å². The Labute approximate surface area is 145 Å². The van der Waals surface area contributed by atoms with Crippen LogP contribution in [0.4, 0.5) is 13.2 Å². The molecule has 1 aromatic rings. The summed E-state index contributed by atoms with van der Waals surface area (Å²) in [4.78, 5) is 12.2. The van der Waals surface area contributed by atoms with E-state index >= 15 is 0 Å². The van der Waals surface area contributed by atoms with Gasteiger partial charge in [0.1, 0.15) is 5.82 Å². The molecule has 3 nitrogen and oxygen atoms in total. The zero-order valence-corrected chi connectivity index (χ0v) is 14.5. The summed E-state index contributed by atoms with van der Waals surface area (Å²) in [5, 5.41) is 3.06. The number of amides is 1. The predicted molar refractivity (Wildman–Crippen MR) is 87.3 cm³/mol. The van der Waals surface area contributed by atoms with E-state index < -0.39 is 23.6 Å². The van der Waals surface area contributed by atoms with Gasteiger partial charge in [-0.05, 0) is 31.2 Å². The van der Waals surface area contributed by atoms with Crippen LogP contribution in [0.3, 0.4) is 0 Å². The fourth-order valence-corrected chi connectivity index (χ4v) is 4.04. The summed E-state index contributed by atoms with van der Waals surface area (Å²) in [5.41, 5.74) is 0.0207. The van der Waals surface area contributed by atoms with Crippen LogP contribution in [0.15, 0.2) is 12.1 Å². The van der Waals surface area contributed by atoms with Gasteiger partial charge in [-0.1, -0.05) is 20.3 Å². The van der Waals surface area contributed by atoms with Crippen molar-refractivity contribution in [3.63, 3.8) is 0 Å². The lowest BCUT2D eigenvalue weighted by molar-refractivity contribution is -0.127. The molecule has 1 aliphatic heterocycles. The predicted octanol–water partition coefficient (Wildman–Crippen LogP) is 4.26. The molecule has 3 rings (SSSR count). The molecule has 0 spiro atoms. The molecule has 1 saturated carbocycles. The molecule has 0 unspecified atom stereocenters. The quantitative estimate of drug-likeness (QED) is 0.820. The molecule has 2 fully saturated rings. The number of fused-ring (bicyclic) bond motifs is 1. The third-order valence-electron chi connectivity index (χ3n) is 5.15. The summed E-state index contributed by atoms with van der Waals surface area (Å²) in [5.74, 6) is -2.70. The molecule has 1 amide bonds. The average molecular weight is 355 g/mol. The van der Waals surface area contributed by atoms with Crippen LogP contribution in [0.1, 0.15) is 57.6 Å². The Bertz CT molecular complexity index is 650. The van der Waals surface area contributed by atoms with Gasteiger partial charge in [-0.3, -0.25) is 4.79 Å². The molecule has 1 N–H and O–H groups in total. The van der Waals surface area contributed by atoms with E-state index in [9.17, 15) is 18.0 Å². The first-order valence-electron chi connectivity index (χ1n) is 8.94. The molecule has 0 aromatic heterocycles. The monoisotopic (exact) mass is 355 g/mol. The summed E-state index contributed by atoms with van der Waals surface area (Å²) in [7, 11) is 0. The van der Waals surface area contributed by atoms with Crippen LogP contribution in [0.2, 0.25) is 0 Å². The Morgan fingerprint density at radius 1 is 1.20 bits per heavy atom. The minimum absolute atomic E-state index is 0.0207. The normalized spacial score (nSPS) is 28.9. The zero-order chi connectivity index (χ0) is 18.1. The Morgan fingerprint density at radius 2 is 1.92 bits per heavy atom. The smallest absolute Gasteiger partial charge is 0.220 e. The molecule has 138 valence electrons. The van der Waals surface area contributed by atoms with Crippen LogP contribution in [0.25, 0.3) is 0 Å². The van der Waals surface area contributed by atoms with E-state index in [-0.39, 0.29) is 35.5 Å². The van der Waals surface area contributed by atoms with E-state index in [1.165, 1.54) is 0 Å². The number of hydrogen-bond donors (Lipinski definition) is 1. The Hall–Kier alpha value is -1.56. The lowest BCUT2D eigenvalue weighted by Crippen LogP contribution is -2.48. The molecular formula is C19H24F3NO2. The van der Waals surface area contributed by atoms with E-state index in [1.54, 1.807) is 0 Å². The van der Waals surface area contributed by atoms with E-state index in [0.29, 0.717) is 18.9 Å². The third-order valence-corrected chi connectivity index (χ3v) is 5.15. The summed E-state index contributed by atoms with van der Waals surface area (Å²) < 4.78 is 46.9. The second-order valence-corrected chi connectivity index (χ2v) is 7.55. The first-order valence-corrected chi connectivity index (χ1v) is 8.94. The summed E-state index contributed by atoms with van der Waals surface area (Å²) in [6.07, 6.45) is 2.80. The molecule has 25 heavy (non-hydrogen) atoms. The standard InChI is InChI=1S/C19H24F3NO2/c1-10(2)6-19(24)23-16-9-18(25-17-5-3-4-11(16)17)12-7-14(21)15(22)8-13(12)20/h7-8,10-11,16-18H,3-6,9H2,1-2H3,(H,23,24)/t11-,16+,17+,18+/m0/s1. The van der Waals surface area contributed by atoms with Crippen molar-refractivity contribution in [3.8, 4) is 0 Å². The maximum atomic E-state index is 14.1. The molecular weight excluding hydrogens is 331 g/mol. The third kappa shape index (κ3) is 4.00. The number of carbonyl (C=O) groups is 1. The van der Waals surface area contributed by atoms with Crippen molar-refractivity contribution in [1.29, 1.82) is 0 Å². The number of carbonyl (C=O) groups excluding carboxylic acids is 1. The number of halogens is 3. The van der Waals surface area contributed by atoms with Gasteiger partial charge < -0.3 is 10.1 Å². The molecule has 4 atom stereocenters. The van der Waals surface area contributed by atoms with Crippen molar-refractivity contribution in [2.45, 2.75) is 64.2 Å². The summed E-state index contributed by atoms with van der Waals surface area (Å²) in [6, 6.07) is 1.30. The molecule has 0 radical (unpaired) electrons. The van der Waals surface area contributed by atoms with Crippen molar-refractivity contribution < 1.29 is 22.7 Å². The second kappa shape index (κ2) is 7.36. The summed E-state index contributed by atoms with van der Waals surface area (Å²) in [6.45, 7) is 3.95. The van der Waals surface area contributed by atoms with Gasteiger partial charge in [-0.2, -0.15) is 0 Å². The van der Waals surface area contributed by atoms with Gasteiger partial charge >= 0.3 is 0 Å². The van der Waals surface area contributed by atoms with Crippen LogP contribution in [-0.4, -0.2) is 18.1 Å². The van der Waals surface area contributed by atoms with Gasteiger partial charge in [0.2, 0.25) is 5.91 Å². The van der Waals surface area contributed by atoms with Crippen molar-refractivity contribution >= 4 is 5.91 Å². The lowest BCUT2D eigenvalue weighted by atomic mass is 9.86. The van der Waals surface area contributed by atoms with Gasteiger partial charge in [-0.25, -0.2) is 13.2 Å². The van der Waals surface area contributed by atoms with Crippen LogP contribution < -0.4 is 5.32 Å².